The van der Waals surface area contributed by atoms with Crippen LogP contribution >= 0.6 is 0 Å². The highest BCUT2D eigenvalue weighted by Gasteiger charge is 2.06. The lowest BCUT2D eigenvalue weighted by Gasteiger charge is -2.05. The molecule has 0 aliphatic heterocycles. The summed E-state index contributed by atoms with van der Waals surface area (Å²) in [5.74, 6) is -1.42. The van der Waals surface area contributed by atoms with E-state index >= 15 is 0 Å². The maximum absolute atomic E-state index is 11.1. The summed E-state index contributed by atoms with van der Waals surface area (Å²) in [6, 6.07) is -0.535. The van der Waals surface area contributed by atoms with Crippen molar-refractivity contribution in [3.8, 4) is 0 Å². The molecule has 0 rings (SSSR count). The second-order valence-electron chi connectivity index (χ2n) is 3.12. The van der Waals surface area contributed by atoms with Crippen molar-refractivity contribution in [2.45, 2.75) is 19.8 Å². The van der Waals surface area contributed by atoms with Crippen LogP contribution in [0.4, 0.5) is 4.79 Å². The summed E-state index contributed by atoms with van der Waals surface area (Å²) in [6.07, 6.45) is 0.730. The zero-order valence-electron chi connectivity index (χ0n) is 9.21. The van der Waals surface area contributed by atoms with Gasteiger partial charge in [-0.3, -0.25) is 14.9 Å². The van der Waals surface area contributed by atoms with Crippen LogP contribution in [0, 0.1) is 0 Å². The Hall–Kier alpha value is -1.63. The fraction of sp³-hybridized carbons (Fsp3) is 0.667. The molecular formula is C9H17N3O4. The number of hydrogen-bond donors (Lipinski definition) is 4. The number of aliphatic carboxylic acids is 1. The van der Waals surface area contributed by atoms with E-state index in [1.807, 2.05) is 6.92 Å². The minimum Gasteiger partial charge on any atom is -0.481 e. The van der Waals surface area contributed by atoms with Crippen LogP contribution in [0.25, 0.3) is 0 Å². The molecule has 0 unspecified atom stereocenters. The zero-order chi connectivity index (χ0) is 12.4. The Morgan fingerprint density at radius 3 is 2.44 bits per heavy atom. The van der Waals surface area contributed by atoms with Gasteiger partial charge >= 0.3 is 12.0 Å². The summed E-state index contributed by atoms with van der Waals surface area (Å²) >= 11 is 0. The minimum atomic E-state index is -0.936. The molecule has 16 heavy (non-hydrogen) atoms. The maximum atomic E-state index is 11.1. The minimum absolute atomic E-state index is 0.0602. The van der Waals surface area contributed by atoms with E-state index in [0.29, 0.717) is 6.54 Å². The number of rotatable bonds is 7. The normalized spacial score (nSPS) is 9.56. The van der Waals surface area contributed by atoms with E-state index in [1.54, 1.807) is 0 Å². The number of urea groups is 1. The standard InChI is InChI=1S/C9H17N3O4/c1-2-4-11-9(16)12-7(13)6-10-5-3-8(14)15/h10H,2-6H2,1H3,(H,14,15)(H2,11,12,13,16). The van der Waals surface area contributed by atoms with Crippen molar-refractivity contribution in [3.05, 3.63) is 0 Å². The Morgan fingerprint density at radius 2 is 1.88 bits per heavy atom. The Labute approximate surface area is 93.6 Å². The quantitative estimate of drug-likeness (QED) is 0.433. The summed E-state index contributed by atoms with van der Waals surface area (Å²) in [7, 11) is 0. The highest BCUT2D eigenvalue weighted by molar-refractivity contribution is 5.95. The lowest BCUT2D eigenvalue weighted by Crippen LogP contribution is -2.43. The van der Waals surface area contributed by atoms with Gasteiger partial charge in [0, 0.05) is 13.1 Å². The van der Waals surface area contributed by atoms with Crippen LogP contribution in [-0.2, 0) is 9.59 Å². The van der Waals surface area contributed by atoms with Crippen molar-refractivity contribution in [2.75, 3.05) is 19.6 Å². The van der Waals surface area contributed by atoms with Gasteiger partial charge in [0.1, 0.15) is 0 Å². The summed E-state index contributed by atoms with van der Waals surface area (Å²) in [4.78, 5) is 32.2. The molecule has 0 aliphatic rings. The predicted molar refractivity (Wildman–Crippen MR) is 57.0 cm³/mol. The van der Waals surface area contributed by atoms with E-state index in [2.05, 4.69) is 16.0 Å². The highest BCUT2D eigenvalue weighted by atomic mass is 16.4. The lowest BCUT2D eigenvalue weighted by atomic mass is 10.4. The Morgan fingerprint density at radius 1 is 1.19 bits per heavy atom. The van der Waals surface area contributed by atoms with Crippen molar-refractivity contribution in [1.82, 2.24) is 16.0 Å². The van der Waals surface area contributed by atoms with Crippen molar-refractivity contribution in [3.63, 3.8) is 0 Å². The van der Waals surface area contributed by atoms with Gasteiger partial charge in [-0.15, -0.1) is 0 Å². The number of carbonyl (C=O) groups excluding carboxylic acids is 2. The van der Waals surface area contributed by atoms with E-state index in [1.165, 1.54) is 0 Å². The van der Waals surface area contributed by atoms with Crippen LogP contribution in [0.15, 0.2) is 0 Å². The van der Waals surface area contributed by atoms with Gasteiger partial charge in [0.2, 0.25) is 5.91 Å². The molecule has 0 saturated carbocycles. The van der Waals surface area contributed by atoms with E-state index in [0.717, 1.165) is 6.42 Å². The molecule has 0 heterocycles. The van der Waals surface area contributed by atoms with Crippen LogP contribution in [0.2, 0.25) is 0 Å². The van der Waals surface area contributed by atoms with Crippen molar-refractivity contribution < 1.29 is 19.5 Å². The molecule has 0 spiro atoms. The molecule has 0 fully saturated rings. The van der Waals surface area contributed by atoms with Gasteiger partial charge in [0.25, 0.3) is 0 Å². The second-order valence-corrected chi connectivity index (χ2v) is 3.12. The summed E-state index contributed by atoms with van der Waals surface area (Å²) < 4.78 is 0. The van der Waals surface area contributed by atoms with Crippen molar-refractivity contribution in [2.24, 2.45) is 0 Å². The fourth-order valence-corrected chi connectivity index (χ4v) is 0.851. The molecule has 3 amide bonds. The van der Waals surface area contributed by atoms with Gasteiger partial charge < -0.3 is 15.7 Å². The second kappa shape index (κ2) is 8.66. The topological polar surface area (TPSA) is 108 Å². The Bertz CT molecular complexity index is 255. The first-order valence-corrected chi connectivity index (χ1v) is 5.06. The number of carbonyl (C=O) groups is 3. The third-order valence-electron chi connectivity index (χ3n) is 1.59. The smallest absolute Gasteiger partial charge is 0.321 e. The Balaban J connectivity index is 3.50. The van der Waals surface area contributed by atoms with Crippen molar-refractivity contribution >= 4 is 17.9 Å². The van der Waals surface area contributed by atoms with Gasteiger partial charge in [-0.2, -0.15) is 0 Å². The molecular weight excluding hydrogens is 214 g/mol. The summed E-state index contributed by atoms with van der Waals surface area (Å²) in [5, 5.41) is 15.5. The van der Waals surface area contributed by atoms with Gasteiger partial charge in [-0.05, 0) is 6.42 Å². The Kier molecular flexibility index (Phi) is 7.78. The number of imide groups is 1. The van der Waals surface area contributed by atoms with E-state index in [9.17, 15) is 14.4 Å². The molecule has 0 bridgehead atoms. The van der Waals surface area contributed by atoms with Crippen LogP contribution < -0.4 is 16.0 Å². The molecule has 0 aromatic rings. The van der Waals surface area contributed by atoms with E-state index in [-0.39, 0.29) is 19.5 Å². The molecule has 7 nitrogen and oxygen atoms in total. The first-order valence-electron chi connectivity index (χ1n) is 5.06. The van der Waals surface area contributed by atoms with Crippen LogP contribution in [-0.4, -0.2) is 42.6 Å². The van der Waals surface area contributed by atoms with Gasteiger partial charge in [-0.25, -0.2) is 4.79 Å². The molecule has 0 aromatic carbocycles. The van der Waals surface area contributed by atoms with Crippen LogP contribution in [0.3, 0.4) is 0 Å². The monoisotopic (exact) mass is 231 g/mol. The van der Waals surface area contributed by atoms with Gasteiger partial charge in [-0.1, -0.05) is 6.92 Å². The first-order chi connectivity index (χ1) is 7.56. The molecule has 7 heteroatoms. The molecule has 0 aromatic heterocycles. The fourth-order valence-electron chi connectivity index (χ4n) is 0.851. The van der Waals surface area contributed by atoms with E-state index in [4.69, 9.17) is 5.11 Å². The summed E-state index contributed by atoms with van der Waals surface area (Å²) in [5.41, 5.74) is 0. The maximum Gasteiger partial charge on any atom is 0.321 e. The molecule has 0 radical (unpaired) electrons. The SMILES string of the molecule is CCCNC(=O)NC(=O)CNCCC(=O)O. The molecule has 92 valence electrons. The molecule has 0 atom stereocenters. The van der Waals surface area contributed by atoms with Gasteiger partial charge in [0.05, 0.1) is 13.0 Å². The van der Waals surface area contributed by atoms with Gasteiger partial charge in [0.15, 0.2) is 0 Å². The van der Waals surface area contributed by atoms with E-state index < -0.39 is 17.9 Å². The van der Waals surface area contributed by atoms with Crippen LogP contribution in [0.5, 0.6) is 0 Å². The largest absolute Gasteiger partial charge is 0.481 e. The molecule has 4 N–H and O–H groups in total. The predicted octanol–water partition coefficient (Wildman–Crippen LogP) is -0.713. The zero-order valence-corrected chi connectivity index (χ0v) is 9.21. The summed E-state index contributed by atoms with van der Waals surface area (Å²) in [6.45, 7) is 2.52. The number of hydrogen-bond acceptors (Lipinski definition) is 4. The average Bonchev–Trinajstić information content (AvgIpc) is 2.21. The van der Waals surface area contributed by atoms with Crippen LogP contribution in [0.1, 0.15) is 19.8 Å². The number of carboxylic acid groups (broad SMARTS) is 1. The number of nitrogens with one attached hydrogen (secondary N) is 3. The lowest BCUT2D eigenvalue weighted by molar-refractivity contribution is -0.137. The highest BCUT2D eigenvalue weighted by Crippen LogP contribution is 1.75. The number of carboxylic acids is 1. The number of amides is 3. The average molecular weight is 231 g/mol. The third-order valence-corrected chi connectivity index (χ3v) is 1.59. The molecule has 0 aliphatic carbocycles. The van der Waals surface area contributed by atoms with Crippen molar-refractivity contribution in [1.29, 1.82) is 0 Å². The first kappa shape index (κ1) is 14.4. The third kappa shape index (κ3) is 8.95. The molecule has 0 saturated heterocycles.